The summed E-state index contributed by atoms with van der Waals surface area (Å²) in [4.78, 5) is 2.38. The number of rotatable bonds is 12. The lowest BCUT2D eigenvalue weighted by Crippen LogP contribution is -2.54. The molecule has 1 saturated heterocycles. The van der Waals surface area contributed by atoms with Crippen LogP contribution in [0.3, 0.4) is 0 Å². The van der Waals surface area contributed by atoms with Gasteiger partial charge in [-0.15, -0.1) is 0 Å². The minimum Gasteiger partial charge on any atom is -0.491 e. The molecule has 2 aromatic rings. The van der Waals surface area contributed by atoms with Crippen LogP contribution < -0.4 is 19.7 Å². The highest BCUT2D eigenvalue weighted by Crippen LogP contribution is 2.44. The van der Waals surface area contributed by atoms with Crippen molar-refractivity contribution < 1.29 is 33.2 Å². The SMILES string of the molecule is COCCCN1CCOc2ccc(CO[C@H]3CNCC[C@@]34OCCOc3cc(COCCOC)ccc34)cc21. The van der Waals surface area contributed by atoms with E-state index < -0.39 is 5.60 Å². The lowest BCUT2D eigenvalue weighted by atomic mass is 9.81. The van der Waals surface area contributed by atoms with Crippen LogP contribution in [-0.2, 0) is 42.5 Å². The van der Waals surface area contributed by atoms with Gasteiger partial charge in [0.05, 0.1) is 45.3 Å². The fraction of sp³-hybridized carbons (Fsp3) is 0.600. The van der Waals surface area contributed by atoms with Crippen LogP contribution in [0.25, 0.3) is 0 Å². The average Bonchev–Trinajstić information content (AvgIpc) is 3.14. The van der Waals surface area contributed by atoms with Crippen LogP contribution in [0.4, 0.5) is 5.69 Å². The van der Waals surface area contributed by atoms with Crippen LogP contribution in [0.2, 0.25) is 0 Å². The minimum atomic E-state index is -0.573. The van der Waals surface area contributed by atoms with E-state index in [2.05, 4.69) is 46.6 Å². The van der Waals surface area contributed by atoms with Crippen molar-refractivity contribution in [2.45, 2.75) is 37.8 Å². The van der Waals surface area contributed by atoms with Gasteiger partial charge in [-0.3, -0.25) is 0 Å². The summed E-state index contributed by atoms with van der Waals surface area (Å²) in [5.41, 5.74) is 3.79. The summed E-state index contributed by atoms with van der Waals surface area (Å²) in [6.45, 7) is 7.98. The van der Waals surface area contributed by atoms with E-state index in [0.29, 0.717) is 52.8 Å². The maximum Gasteiger partial charge on any atom is 0.142 e. The predicted octanol–water partition coefficient (Wildman–Crippen LogP) is 3.27. The number of hydrogen-bond donors (Lipinski definition) is 1. The van der Waals surface area contributed by atoms with Crippen LogP contribution in [-0.4, -0.2) is 86.1 Å². The number of methoxy groups -OCH3 is 2. The first-order valence-corrected chi connectivity index (χ1v) is 14.0. The van der Waals surface area contributed by atoms with E-state index in [1.807, 2.05) is 0 Å². The quantitative estimate of drug-likeness (QED) is 0.407. The van der Waals surface area contributed by atoms with Crippen molar-refractivity contribution >= 4 is 5.69 Å². The Morgan fingerprint density at radius 2 is 1.77 bits per heavy atom. The molecule has 1 spiro atoms. The Balaban J connectivity index is 1.31. The van der Waals surface area contributed by atoms with Gasteiger partial charge in [0.1, 0.15) is 36.4 Å². The van der Waals surface area contributed by atoms with E-state index in [0.717, 1.165) is 73.0 Å². The van der Waals surface area contributed by atoms with Gasteiger partial charge >= 0.3 is 0 Å². The maximum absolute atomic E-state index is 6.66. The summed E-state index contributed by atoms with van der Waals surface area (Å²) in [5, 5.41) is 3.51. The van der Waals surface area contributed by atoms with E-state index in [-0.39, 0.29) is 6.10 Å². The van der Waals surface area contributed by atoms with Crippen LogP contribution >= 0.6 is 0 Å². The van der Waals surface area contributed by atoms with Crippen LogP contribution in [0.5, 0.6) is 11.5 Å². The van der Waals surface area contributed by atoms with E-state index in [1.54, 1.807) is 14.2 Å². The number of piperidine rings is 1. The molecule has 9 heteroatoms. The van der Waals surface area contributed by atoms with Crippen molar-refractivity contribution in [3.8, 4) is 11.5 Å². The van der Waals surface area contributed by atoms with Gasteiger partial charge in [0.2, 0.25) is 0 Å². The Labute approximate surface area is 231 Å². The van der Waals surface area contributed by atoms with E-state index in [1.165, 1.54) is 0 Å². The fourth-order valence-electron chi connectivity index (χ4n) is 5.65. The Bertz CT molecular complexity index is 1070. The number of anilines is 1. The molecule has 1 fully saturated rings. The van der Waals surface area contributed by atoms with Gasteiger partial charge in [-0.05, 0) is 48.7 Å². The third-order valence-electron chi connectivity index (χ3n) is 7.64. The monoisotopic (exact) mass is 542 g/mol. The Hall–Kier alpha value is -2.40. The molecule has 2 aromatic carbocycles. The highest BCUT2D eigenvalue weighted by Gasteiger charge is 2.47. The topological polar surface area (TPSA) is 79.9 Å². The molecule has 0 radical (unpaired) electrons. The third-order valence-corrected chi connectivity index (χ3v) is 7.64. The summed E-state index contributed by atoms with van der Waals surface area (Å²) in [6, 6.07) is 12.7. The molecule has 0 amide bonds. The van der Waals surface area contributed by atoms with E-state index in [9.17, 15) is 0 Å². The molecule has 0 unspecified atom stereocenters. The first kappa shape index (κ1) is 28.1. The van der Waals surface area contributed by atoms with E-state index in [4.69, 9.17) is 33.2 Å². The lowest BCUT2D eigenvalue weighted by Gasteiger charge is -2.43. The molecule has 5 rings (SSSR count). The van der Waals surface area contributed by atoms with Crippen molar-refractivity contribution in [2.24, 2.45) is 0 Å². The molecule has 3 heterocycles. The second-order valence-electron chi connectivity index (χ2n) is 10.2. The van der Waals surface area contributed by atoms with Crippen LogP contribution in [0.1, 0.15) is 29.5 Å². The van der Waals surface area contributed by atoms with Gasteiger partial charge in [0.15, 0.2) is 0 Å². The zero-order valence-corrected chi connectivity index (χ0v) is 23.2. The maximum atomic E-state index is 6.66. The molecule has 214 valence electrons. The second-order valence-corrected chi connectivity index (χ2v) is 10.2. The standard InChI is InChI=1S/C30H42N2O7/c1-33-12-3-10-32-11-13-36-27-7-5-23(18-26(27)32)22-38-29-20-31-9-8-30(29)25-6-4-24(21-35-15-14-34-2)19-28(25)37-16-17-39-30/h4-7,18-19,29,31H,3,8-17,20-22H2,1-2H3/t29-,30-/m0/s1. The smallest absolute Gasteiger partial charge is 0.142 e. The summed E-state index contributed by atoms with van der Waals surface area (Å²) in [7, 11) is 3.42. The number of fused-ring (bicyclic) bond motifs is 3. The van der Waals surface area contributed by atoms with Crippen LogP contribution in [0.15, 0.2) is 36.4 Å². The fourth-order valence-corrected chi connectivity index (χ4v) is 5.65. The molecular weight excluding hydrogens is 500 g/mol. The average molecular weight is 543 g/mol. The van der Waals surface area contributed by atoms with Crippen molar-refractivity contribution in [1.29, 1.82) is 0 Å². The molecule has 1 N–H and O–H groups in total. The third kappa shape index (κ3) is 6.67. The molecule has 3 aliphatic rings. The minimum absolute atomic E-state index is 0.166. The molecule has 39 heavy (non-hydrogen) atoms. The molecule has 0 aromatic heterocycles. The first-order chi connectivity index (χ1) is 19.2. The number of nitrogens with zero attached hydrogens (tertiary/aromatic N) is 1. The molecule has 3 aliphatic heterocycles. The largest absolute Gasteiger partial charge is 0.491 e. The van der Waals surface area contributed by atoms with E-state index >= 15 is 0 Å². The van der Waals surface area contributed by atoms with Gasteiger partial charge in [0, 0.05) is 39.5 Å². The van der Waals surface area contributed by atoms with Crippen molar-refractivity contribution in [2.75, 3.05) is 84.9 Å². The number of ether oxygens (including phenoxy) is 7. The second kappa shape index (κ2) is 13.8. The highest BCUT2D eigenvalue weighted by molar-refractivity contribution is 5.61. The number of hydrogen-bond acceptors (Lipinski definition) is 9. The van der Waals surface area contributed by atoms with Crippen molar-refractivity contribution in [3.05, 3.63) is 53.1 Å². The predicted molar refractivity (Wildman–Crippen MR) is 148 cm³/mol. The normalized spacial score (nSPS) is 22.5. The number of nitrogens with one attached hydrogen (secondary N) is 1. The van der Waals surface area contributed by atoms with Gasteiger partial charge in [0.25, 0.3) is 0 Å². The Kier molecular flexibility index (Phi) is 9.95. The van der Waals surface area contributed by atoms with Gasteiger partial charge < -0.3 is 43.4 Å². The Morgan fingerprint density at radius 1 is 0.923 bits per heavy atom. The van der Waals surface area contributed by atoms with Gasteiger partial charge in [-0.25, -0.2) is 0 Å². The summed E-state index contributed by atoms with van der Waals surface area (Å²) >= 11 is 0. The first-order valence-electron chi connectivity index (χ1n) is 14.0. The van der Waals surface area contributed by atoms with Gasteiger partial charge in [-0.1, -0.05) is 18.2 Å². The lowest BCUT2D eigenvalue weighted by molar-refractivity contribution is -0.168. The highest BCUT2D eigenvalue weighted by atomic mass is 16.6. The van der Waals surface area contributed by atoms with Crippen molar-refractivity contribution in [1.82, 2.24) is 5.32 Å². The van der Waals surface area contributed by atoms with Crippen LogP contribution in [0, 0.1) is 0 Å². The Morgan fingerprint density at radius 3 is 2.67 bits per heavy atom. The zero-order chi connectivity index (χ0) is 26.9. The molecule has 0 saturated carbocycles. The molecule has 0 bridgehead atoms. The van der Waals surface area contributed by atoms with Gasteiger partial charge in [-0.2, -0.15) is 0 Å². The molecule has 2 atom stereocenters. The summed E-state index contributed by atoms with van der Waals surface area (Å²) in [5.74, 6) is 1.78. The van der Waals surface area contributed by atoms with Crippen molar-refractivity contribution in [3.63, 3.8) is 0 Å². The number of benzene rings is 2. The summed E-state index contributed by atoms with van der Waals surface area (Å²) in [6.07, 6.45) is 1.62. The zero-order valence-electron chi connectivity index (χ0n) is 23.2. The molecular formula is C30H42N2O7. The molecule has 0 aliphatic carbocycles. The summed E-state index contributed by atoms with van der Waals surface area (Å²) < 4.78 is 41.4. The molecule has 9 nitrogen and oxygen atoms in total.